The van der Waals surface area contributed by atoms with Gasteiger partial charge in [0, 0.05) is 6.54 Å². The predicted octanol–water partition coefficient (Wildman–Crippen LogP) is 2.40. The number of rotatable bonds is 4. The summed E-state index contributed by atoms with van der Waals surface area (Å²) in [6.07, 6.45) is 3.28. The minimum atomic E-state index is 0.937. The standard InChI is InChI=1S/C8H14BrN3/c1-3-5-6-12-8(9)7(4-2)10-11-12/h3-6H2,1-2H3. The van der Waals surface area contributed by atoms with Crippen LogP contribution in [0.2, 0.25) is 0 Å². The Bertz CT molecular complexity index is 244. The summed E-state index contributed by atoms with van der Waals surface area (Å²) in [7, 11) is 0. The fourth-order valence-electron chi connectivity index (χ4n) is 1.00. The number of halogens is 1. The lowest BCUT2D eigenvalue weighted by atomic mass is 10.3. The highest BCUT2D eigenvalue weighted by Gasteiger charge is 2.06. The van der Waals surface area contributed by atoms with Crippen LogP contribution in [0.25, 0.3) is 0 Å². The maximum atomic E-state index is 4.05. The predicted molar refractivity (Wildman–Crippen MR) is 52.0 cm³/mol. The van der Waals surface area contributed by atoms with Crippen LogP contribution in [0.3, 0.4) is 0 Å². The van der Waals surface area contributed by atoms with Crippen molar-refractivity contribution in [2.45, 2.75) is 39.7 Å². The van der Waals surface area contributed by atoms with Gasteiger partial charge in [-0.25, -0.2) is 4.68 Å². The SMILES string of the molecule is CCCCn1nnc(CC)c1Br. The van der Waals surface area contributed by atoms with Crippen molar-refractivity contribution in [1.29, 1.82) is 0 Å². The lowest BCUT2D eigenvalue weighted by molar-refractivity contribution is 0.544. The van der Waals surface area contributed by atoms with Crippen molar-refractivity contribution in [3.05, 3.63) is 10.3 Å². The van der Waals surface area contributed by atoms with Crippen molar-refractivity contribution >= 4 is 15.9 Å². The molecule has 0 atom stereocenters. The number of aromatic nitrogens is 3. The summed E-state index contributed by atoms with van der Waals surface area (Å²) in [4.78, 5) is 0. The number of hydrogen-bond donors (Lipinski definition) is 0. The summed E-state index contributed by atoms with van der Waals surface area (Å²) < 4.78 is 2.96. The first kappa shape index (κ1) is 9.71. The molecule has 0 amide bonds. The molecule has 1 aromatic heterocycles. The molecule has 0 N–H and O–H groups in total. The van der Waals surface area contributed by atoms with Crippen molar-refractivity contribution in [1.82, 2.24) is 15.0 Å². The molecule has 1 rings (SSSR count). The van der Waals surface area contributed by atoms with Gasteiger partial charge in [0.25, 0.3) is 0 Å². The maximum absolute atomic E-state index is 4.05. The molecule has 0 aliphatic rings. The molecule has 0 spiro atoms. The van der Waals surface area contributed by atoms with Gasteiger partial charge < -0.3 is 0 Å². The molecule has 0 aliphatic carbocycles. The second kappa shape index (κ2) is 4.60. The molecule has 0 bridgehead atoms. The molecule has 68 valence electrons. The van der Waals surface area contributed by atoms with Gasteiger partial charge in [-0.1, -0.05) is 25.5 Å². The first-order valence-electron chi connectivity index (χ1n) is 4.37. The highest BCUT2D eigenvalue weighted by atomic mass is 79.9. The molecule has 0 unspecified atom stereocenters. The Kier molecular flexibility index (Phi) is 3.72. The van der Waals surface area contributed by atoms with Crippen LogP contribution in [0.1, 0.15) is 32.4 Å². The van der Waals surface area contributed by atoms with E-state index in [1.165, 1.54) is 6.42 Å². The molecular formula is C8H14BrN3. The number of aryl methyl sites for hydroxylation is 2. The van der Waals surface area contributed by atoms with E-state index in [4.69, 9.17) is 0 Å². The molecule has 0 radical (unpaired) electrons. The molecule has 0 aromatic carbocycles. The molecule has 3 nitrogen and oxygen atoms in total. The summed E-state index contributed by atoms with van der Waals surface area (Å²) in [6, 6.07) is 0. The van der Waals surface area contributed by atoms with Crippen molar-refractivity contribution in [3.8, 4) is 0 Å². The Morgan fingerprint density at radius 1 is 1.42 bits per heavy atom. The molecule has 0 saturated heterocycles. The summed E-state index contributed by atoms with van der Waals surface area (Å²) in [5, 5.41) is 8.10. The van der Waals surface area contributed by atoms with Gasteiger partial charge in [0.05, 0.1) is 5.69 Å². The normalized spacial score (nSPS) is 10.6. The Morgan fingerprint density at radius 3 is 2.67 bits per heavy atom. The Labute approximate surface area is 81.3 Å². The molecule has 12 heavy (non-hydrogen) atoms. The van der Waals surface area contributed by atoms with Crippen LogP contribution in [0.4, 0.5) is 0 Å². The smallest absolute Gasteiger partial charge is 0.127 e. The fraction of sp³-hybridized carbons (Fsp3) is 0.750. The highest BCUT2D eigenvalue weighted by molar-refractivity contribution is 9.10. The summed E-state index contributed by atoms with van der Waals surface area (Å²) in [5.41, 5.74) is 1.05. The molecule has 0 saturated carbocycles. The van der Waals surface area contributed by atoms with E-state index >= 15 is 0 Å². The van der Waals surface area contributed by atoms with E-state index in [0.717, 1.165) is 29.7 Å². The van der Waals surface area contributed by atoms with Crippen molar-refractivity contribution in [3.63, 3.8) is 0 Å². The molecule has 1 heterocycles. The average Bonchev–Trinajstić information content (AvgIpc) is 2.43. The van der Waals surface area contributed by atoms with Gasteiger partial charge in [0.15, 0.2) is 0 Å². The van der Waals surface area contributed by atoms with E-state index < -0.39 is 0 Å². The van der Waals surface area contributed by atoms with E-state index in [1.807, 2.05) is 4.68 Å². The van der Waals surface area contributed by atoms with Crippen molar-refractivity contribution in [2.24, 2.45) is 0 Å². The summed E-state index contributed by atoms with van der Waals surface area (Å²) in [5.74, 6) is 0. The third kappa shape index (κ3) is 2.06. The molecule has 1 aromatic rings. The minimum absolute atomic E-state index is 0.937. The van der Waals surface area contributed by atoms with Crippen LogP contribution in [0.5, 0.6) is 0 Å². The molecule has 0 fully saturated rings. The third-order valence-corrected chi connectivity index (χ3v) is 2.66. The zero-order chi connectivity index (χ0) is 8.97. The summed E-state index contributed by atoms with van der Waals surface area (Å²) in [6.45, 7) is 5.22. The zero-order valence-electron chi connectivity index (χ0n) is 7.55. The average molecular weight is 232 g/mol. The maximum Gasteiger partial charge on any atom is 0.127 e. The van der Waals surface area contributed by atoms with Crippen LogP contribution >= 0.6 is 15.9 Å². The van der Waals surface area contributed by atoms with Crippen LogP contribution < -0.4 is 0 Å². The van der Waals surface area contributed by atoms with Crippen LogP contribution in [-0.4, -0.2) is 15.0 Å². The monoisotopic (exact) mass is 231 g/mol. The third-order valence-electron chi connectivity index (χ3n) is 1.80. The molecule has 4 heteroatoms. The van der Waals surface area contributed by atoms with Gasteiger partial charge in [0.2, 0.25) is 0 Å². The zero-order valence-corrected chi connectivity index (χ0v) is 9.13. The molecular weight excluding hydrogens is 218 g/mol. The first-order valence-corrected chi connectivity index (χ1v) is 5.16. The number of hydrogen-bond acceptors (Lipinski definition) is 2. The Morgan fingerprint density at radius 2 is 2.17 bits per heavy atom. The van der Waals surface area contributed by atoms with Crippen molar-refractivity contribution in [2.75, 3.05) is 0 Å². The van der Waals surface area contributed by atoms with Crippen LogP contribution in [0, 0.1) is 0 Å². The topological polar surface area (TPSA) is 30.7 Å². The second-order valence-corrected chi connectivity index (χ2v) is 3.51. The quantitative estimate of drug-likeness (QED) is 0.797. The van der Waals surface area contributed by atoms with Gasteiger partial charge in [-0.05, 0) is 28.8 Å². The highest BCUT2D eigenvalue weighted by Crippen LogP contribution is 2.14. The lowest BCUT2D eigenvalue weighted by Crippen LogP contribution is -2.00. The lowest BCUT2D eigenvalue weighted by Gasteiger charge is -1.99. The van der Waals surface area contributed by atoms with Gasteiger partial charge in [-0.15, -0.1) is 5.10 Å². The molecule has 0 aliphatic heterocycles. The van der Waals surface area contributed by atoms with E-state index in [-0.39, 0.29) is 0 Å². The van der Waals surface area contributed by atoms with E-state index in [0.29, 0.717) is 0 Å². The van der Waals surface area contributed by atoms with E-state index in [9.17, 15) is 0 Å². The van der Waals surface area contributed by atoms with Gasteiger partial charge >= 0.3 is 0 Å². The van der Waals surface area contributed by atoms with Crippen LogP contribution in [0.15, 0.2) is 4.60 Å². The number of nitrogens with zero attached hydrogens (tertiary/aromatic N) is 3. The first-order chi connectivity index (χ1) is 5.79. The van der Waals surface area contributed by atoms with E-state index in [2.05, 4.69) is 40.1 Å². The number of unbranched alkanes of at least 4 members (excludes halogenated alkanes) is 1. The Balaban J connectivity index is 2.66. The fourth-order valence-corrected chi connectivity index (χ4v) is 1.61. The summed E-state index contributed by atoms with van der Waals surface area (Å²) >= 11 is 3.48. The largest absolute Gasteiger partial charge is 0.238 e. The van der Waals surface area contributed by atoms with Crippen molar-refractivity contribution < 1.29 is 0 Å². The van der Waals surface area contributed by atoms with Crippen LogP contribution in [-0.2, 0) is 13.0 Å². The van der Waals surface area contributed by atoms with Gasteiger partial charge in [-0.2, -0.15) is 0 Å². The van der Waals surface area contributed by atoms with Gasteiger partial charge in [0.1, 0.15) is 4.60 Å². The van der Waals surface area contributed by atoms with E-state index in [1.54, 1.807) is 0 Å². The van der Waals surface area contributed by atoms with Gasteiger partial charge in [-0.3, -0.25) is 0 Å². The minimum Gasteiger partial charge on any atom is -0.238 e. The Hall–Kier alpha value is -0.380. The second-order valence-electron chi connectivity index (χ2n) is 2.76.